The topological polar surface area (TPSA) is 66.9 Å². The van der Waals surface area contributed by atoms with Gasteiger partial charge in [0.25, 0.3) is 0 Å². The molecule has 0 saturated carbocycles. The molecule has 2 amide bonds. The van der Waals surface area contributed by atoms with Crippen LogP contribution < -0.4 is 0 Å². The molecule has 0 spiro atoms. The summed E-state index contributed by atoms with van der Waals surface area (Å²) >= 11 is 0. The van der Waals surface area contributed by atoms with Crippen molar-refractivity contribution in [1.29, 1.82) is 0 Å². The number of hydrogen-bond donors (Lipinski definition) is 0. The molecule has 0 aromatic rings. The van der Waals surface area contributed by atoms with Crippen LogP contribution in [-0.4, -0.2) is 73.5 Å². The number of nitrogens with zero attached hydrogens (tertiary/aromatic N) is 2. The second kappa shape index (κ2) is 9.67. The van der Waals surface area contributed by atoms with Gasteiger partial charge in [0.1, 0.15) is 6.54 Å². The normalized spacial score (nSPS) is 12.1. The van der Waals surface area contributed by atoms with Crippen molar-refractivity contribution in [2.24, 2.45) is 5.92 Å². The number of halogens is 5. The van der Waals surface area contributed by atoms with E-state index >= 15 is 0 Å². The number of carbonyl (C=O) groups is 3. The lowest BCUT2D eigenvalue weighted by Gasteiger charge is -2.26. The van der Waals surface area contributed by atoms with Crippen molar-refractivity contribution >= 4 is 17.8 Å². The van der Waals surface area contributed by atoms with Crippen LogP contribution >= 0.6 is 0 Å². The second-order valence-electron chi connectivity index (χ2n) is 6.24. The Morgan fingerprint density at radius 2 is 1.50 bits per heavy atom. The first kappa shape index (κ1) is 24.1. The van der Waals surface area contributed by atoms with E-state index in [1.807, 2.05) is 13.8 Å². The Morgan fingerprint density at radius 3 is 1.96 bits per heavy atom. The van der Waals surface area contributed by atoms with Crippen molar-refractivity contribution in [1.82, 2.24) is 9.80 Å². The van der Waals surface area contributed by atoms with E-state index in [1.165, 1.54) is 0 Å². The van der Waals surface area contributed by atoms with E-state index < -0.39 is 43.0 Å². The minimum Gasteiger partial charge on any atom is -0.464 e. The molecule has 0 N–H and O–H groups in total. The van der Waals surface area contributed by atoms with Gasteiger partial charge < -0.3 is 14.5 Å². The predicted octanol–water partition coefficient (Wildman–Crippen LogP) is 2.08. The van der Waals surface area contributed by atoms with Gasteiger partial charge in [-0.15, -0.1) is 0 Å². The number of rotatable bonds is 9. The van der Waals surface area contributed by atoms with Gasteiger partial charge >= 0.3 is 24.0 Å². The van der Waals surface area contributed by atoms with E-state index in [0.717, 1.165) is 18.4 Å². The second-order valence-corrected chi connectivity index (χ2v) is 6.24. The highest BCUT2D eigenvalue weighted by Crippen LogP contribution is 2.36. The molecule has 0 radical (unpaired) electrons. The zero-order chi connectivity index (χ0) is 20.7. The first-order valence-electron chi connectivity index (χ1n) is 7.79. The number of hydrogen-bond acceptors (Lipinski definition) is 4. The van der Waals surface area contributed by atoms with Crippen LogP contribution in [0.25, 0.3) is 0 Å². The van der Waals surface area contributed by atoms with Crippen molar-refractivity contribution in [3.05, 3.63) is 0 Å². The fourth-order valence-electron chi connectivity index (χ4n) is 1.76. The van der Waals surface area contributed by atoms with Crippen LogP contribution in [0.3, 0.4) is 0 Å². The standard InChI is InChI=1S/C15H23F5N2O4/c1-10(2)6-5-7-26-12(24)9-21(3)11(23)8-22(4)13(25)14(16,17)15(18,19)20/h10H,5-9H2,1-4H3. The largest absolute Gasteiger partial charge is 0.464 e. The lowest BCUT2D eigenvalue weighted by molar-refractivity contribution is -0.273. The average Bonchev–Trinajstić information content (AvgIpc) is 2.49. The number of carbonyl (C=O) groups excluding carboxylic acids is 3. The summed E-state index contributed by atoms with van der Waals surface area (Å²) in [4.78, 5) is 35.3. The monoisotopic (exact) mass is 390 g/mol. The SMILES string of the molecule is CC(C)CCCOC(=O)CN(C)C(=O)CN(C)C(=O)C(F)(F)C(F)(F)F. The zero-order valence-corrected chi connectivity index (χ0v) is 15.0. The quantitative estimate of drug-likeness (QED) is 0.344. The summed E-state index contributed by atoms with van der Waals surface area (Å²) < 4.78 is 67.3. The average molecular weight is 390 g/mol. The highest BCUT2D eigenvalue weighted by Gasteiger charge is 2.64. The third kappa shape index (κ3) is 7.52. The van der Waals surface area contributed by atoms with E-state index in [2.05, 4.69) is 0 Å². The number of esters is 1. The molecule has 152 valence electrons. The van der Waals surface area contributed by atoms with E-state index in [9.17, 15) is 36.3 Å². The van der Waals surface area contributed by atoms with Crippen LogP contribution in [0.4, 0.5) is 22.0 Å². The molecule has 0 aliphatic heterocycles. The van der Waals surface area contributed by atoms with Gasteiger partial charge in [0, 0.05) is 14.1 Å². The fraction of sp³-hybridized carbons (Fsp3) is 0.800. The Kier molecular flexibility index (Phi) is 8.95. The molecule has 0 unspecified atom stereocenters. The van der Waals surface area contributed by atoms with Crippen molar-refractivity contribution in [2.45, 2.75) is 38.8 Å². The number of amides is 2. The number of likely N-dealkylation sites (N-methyl/N-ethyl adjacent to an activating group) is 2. The zero-order valence-electron chi connectivity index (χ0n) is 15.0. The van der Waals surface area contributed by atoms with Crippen LogP contribution in [0.1, 0.15) is 26.7 Å². The molecule has 0 atom stereocenters. The van der Waals surface area contributed by atoms with E-state index in [4.69, 9.17) is 4.74 Å². The van der Waals surface area contributed by atoms with Crippen LogP contribution in [0.15, 0.2) is 0 Å². The van der Waals surface area contributed by atoms with Crippen molar-refractivity contribution in [3.8, 4) is 0 Å². The van der Waals surface area contributed by atoms with Crippen LogP contribution in [-0.2, 0) is 19.1 Å². The molecule has 0 aromatic carbocycles. The summed E-state index contributed by atoms with van der Waals surface area (Å²) in [6.07, 6.45) is -4.60. The summed E-state index contributed by atoms with van der Waals surface area (Å²) in [5.41, 5.74) is 0. The summed E-state index contributed by atoms with van der Waals surface area (Å²) in [6, 6.07) is 0. The van der Waals surface area contributed by atoms with Crippen LogP contribution in [0.2, 0.25) is 0 Å². The Hall–Kier alpha value is -1.94. The van der Waals surface area contributed by atoms with Gasteiger partial charge in [-0.05, 0) is 18.8 Å². The molecule has 0 saturated heterocycles. The summed E-state index contributed by atoms with van der Waals surface area (Å²) in [7, 11) is 1.77. The van der Waals surface area contributed by atoms with Gasteiger partial charge in [-0.25, -0.2) is 0 Å². The molecule has 0 bridgehead atoms. The van der Waals surface area contributed by atoms with E-state index in [-0.39, 0.29) is 11.5 Å². The third-order valence-electron chi connectivity index (χ3n) is 3.32. The molecule has 0 aliphatic carbocycles. The van der Waals surface area contributed by atoms with E-state index in [1.54, 1.807) is 0 Å². The highest BCUT2D eigenvalue weighted by molar-refractivity contribution is 5.89. The number of alkyl halides is 5. The molecular weight excluding hydrogens is 367 g/mol. The minimum atomic E-state index is -6.06. The van der Waals surface area contributed by atoms with Gasteiger partial charge in [-0.2, -0.15) is 22.0 Å². The lowest BCUT2D eigenvalue weighted by Crippen LogP contribution is -2.53. The highest BCUT2D eigenvalue weighted by atomic mass is 19.4. The Labute approximate surface area is 148 Å². The minimum absolute atomic E-state index is 0.0414. The van der Waals surface area contributed by atoms with Gasteiger partial charge in [0.2, 0.25) is 5.91 Å². The first-order valence-corrected chi connectivity index (χ1v) is 7.79. The predicted molar refractivity (Wildman–Crippen MR) is 81.3 cm³/mol. The summed E-state index contributed by atoms with van der Waals surface area (Å²) in [5.74, 6) is -9.46. The molecule has 0 aromatic heterocycles. The Balaban J connectivity index is 4.49. The lowest BCUT2D eigenvalue weighted by atomic mass is 10.1. The number of ether oxygens (including phenoxy) is 1. The third-order valence-corrected chi connectivity index (χ3v) is 3.32. The molecule has 11 heteroatoms. The molecule has 0 fully saturated rings. The van der Waals surface area contributed by atoms with Crippen LogP contribution in [0, 0.1) is 5.92 Å². The molecule has 6 nitrogen and oxygen atoms in total. The van der Waals surface area contributed by atoms with Crippen LogP contribution in [0.5, 0.6) is 0 Å². The molecule has 0 rings (SSSR count). The van der Waals surface area contributed by atoms with Gasteiger partial charge in [-0.3, -0.25) is 14.4 Å². The maximum Gasteiger partial charge on any atom is 0.463 e. The molecule has 26 heavy (non-hydrogen) atoms. The van der Waals surface area contributed by atoms with E-state index in [0.29, 0.717) is 19.4 Å². The Bertz CT molecular complexity index is 509. The van der Waals surface area contributed by atoms with Crippen molar-refractivity contribution in [2.75, 3.05) is 33.8 Å². The maximum atomic E-state index is 13.0. The van der Waals surface area contributed by atoms with Gasteiger partial charge in [-0.1, -0.05) is 13.8 Å². The summed E-state index contributed by atoms with van der Waals surface area (Å²) in [5, 5.41) is 0. The van der Waals surface area contributed by atoms with Crippen molar-refractivity contribution in [3.63, 3.8) is 0 Å². The molecule has 0 aliphatic rings. The molecular formula is C15H23F5N2O4. The van der Waals surface area contributed by atoms with Gasteiger partial charge in [0.05, 0.1) is 13.2 Å². The summed E-state index contributed by atoms with van der Waals surface area (Å²) in [6.45, 7) is 2.58. The molecule has 0 heterocycles. The smallest absolute Gasteiger partial charge is 0.463 e. The fourth-order valence-corrected chi connectivity index (χ4v) is 1.76. The first-order chi connectivity index (χ1) is 11.7. The maximum absolute atomic E-state index is 13.0. The Morgan fingerprint density at radius 1 is 0.962 bits per heavy atom. The van der Waals surface area contributed by atoms with Gasteiger partial charge in [0.15, 0.2) is 0 Å². The van der Waals surface area contributed by atoms with Crippen molar-refractivity contribution < 1.29 is 41.1 Å².